The third-order valence-electron chi connectivity index (χ3n) is 4.42. The lowest BCUT2D eigenvalue weighted by Crippen LogP contribution is -2.44. The summed E-state index contributed by atoms with van der Waals surface area (Å²) < 4.78 is 0. The van der Waals surface area contributed by atoms with Gasteiger partial charge in [-0.05, 0) is 56.7 Å². The molecule has 20 heavy (non-hydrogen) atoms. The van der Waals surface area contributed by atoms with Gasteiger partial charge in [0.05, 0.1) is 0 Å². The molecule has 1 fully saturated rings. The van der Waals surface area contributed by atoms with Crippen LogP contribution in [0.2, 0.25) is 0 Å². The van der Waals surface area contributed by atoms with Gasteiger partial charge in [0, 0.05) is 16.2 Å². The van der Waals surface area contributed by atoms with E-state index < -0.39 is 0 Å². The molecular weight excluding hydrogens is 262 g/mol. The second-order valence-corrected chi connectivity index (χ2v) is 8.28. The summed E-state index contributed by atoms with van der Waals surface area (Å²) in [6.07, 6.45) is 3.96. The maximum Gasteiger partial charge on any atom is 0.0253 e. The SMILES string of the molecule is CCNC1CCC(C)(C)CC1Sc1cc(C)ccc1C. The van der Waals surface area contributed by atoms with E-state index in [4.69, 9.17) is 0 Å². The van der Waals surface area contributed by atoms with Gasteiger partial charge in [0.25, 0.3) is 0 Å². The van der Waals surface area contributed by atoms with Gasteiger partial charge < -0.3 is 5.32 Å². The average molecular weight is 292 g/mol. The molecule has 1 aliphatic carbocycles. The predicted octanol–water partition coefficient (Wildman–Crippen LogP) is 4.95. The molecule has 0 saturated heterocycles. The maximum absolute atomic E-state index is 3.71. The van der Waals surface area contributed by atoms with E-state index in [1.807, 2.05) is 0 Å². The van der Waals surface area contributed by atoms with E-state index >= 15 is 0 Å². The molecule has 2 atom stereocenters. The summed E-state index contributed by atoms with van der Waals surface area (Å²) in [5, 5.41) is 4.40. The topological polar surface area (TPSA) is 12.0 Å². The molecule has 0 radical (unpaired) electrons. The summed E-state index contributed by atoms with van der Waals surface area (Å²) in [6, 6.07) is 7.49. The van der Waals surface area contributed by atoms with Gasteiger partial charge in [-0.25, -0.2) is 0 Å². The van der Waals surface area contributed by atoms with Crippen LogP contribution in [0.1, 0.15) is 51.2 Å². The molecule has 0 aromatic heterocycles. The highest BCUT2D eigenvalue weighted by Crippen LogP contribution is 2.43. The summed E-state index contributed by atoms with van der Waals surface area (Å²) in [7, 11) is 0. The molecule has 1 aromatic rings. The summed E-state index contributed by atoms with van der Waals surface area (Å²) in [5.74, 6) is 0. The van der Waals surface area contributed by atoms with Crippen molar-refractivity contribution in [2.75, 3.05) is 6.54 Å². The molecule has 1 aliphatic rings. The highest BCUT2D eigenvalue weighted by molar-refractivity contribution is 8.00. The summed E-state index contributed by atoms with van der Waals surface area (Å²) in [4.78, 5) is 1.47. The molecule has 1 nitrogen and oxygen atoms in total. The van der Waals surface area contributed by atoms with Crippen LogP contribution in [0, 0.1) is 19.3 Å². The van der Waals surface area contributed by atoms with Gasteiger partial charge in [0.1, 0.15) is 0 Å². The van der Waals surface area contributed by atoms with Gasteiger partial charge in [-0.2, -0.15) is 0 Å². The normalized spacial score (nSPS) is 25.6. The van der Waals surface area contributed by atoms with E-state index in [9.17, 15) is 0 Å². The van der Waals surface area contributed by atoms with Crippen molar-refractivity contribution >= 4 is 11.8 Å². The quantitative estimate of drug-likeness (QED) is 0.842. The van der Waals surface area contributed by atoms with Crippen LogP contribution in [0.4, 0.5) is 0 Å². The third kappa shape index (κ3) is 4.02. The Morgan fingerprint density at radius 1 is 1.30 bits per heavy atom. The maximum atomic E-state index is 3.71. The van der Waals surface area contributed by atoms with Crippen LogP contribution in [0.3, 0.4) is 0 Å². The molecule has 112 valence electrons. The van der Waals surface area contributed by atoms with Gasteiger partial charge in [-0.1, -0.05) is 38.5 Å². The molecule has 2 rings (SSSR count). The number of nitrogens with one attached hydrogen (secondary N) is 1. The third-order valence-corrected chi connectivity index (χ3v) is 5.91. The lowest BCUT2D eigenvalue weighted by Gasteiger charge is -2.41. The number of hydrogen-bond donors (Lipinski definition) is 1. The molecule has 1 aromatic carbocycles. The number of hydrogen-bond acceptors (Lipinski definition) is 2. The highest BCUT2D eigenvalue weighted by atomic mass is 32.2. The van der Waals surface area contributed by atoms with Crippen LogP contribution in [-0.2, 0) is 0 Å². The van der Waals surface area contributed by atoms with Crippen LogP contribution in [0.5, 0.6) is 0 Å². The number of rotatable bonds is 4. The lowest BCUT2D eigenvalue weighted by atomic mass is 9.75. The molecule has 0 aliphatic heterocycles. The molecule has 1 N–H and O–H groups in total. The summed E-state index contributed by atoms with van der Waals surface area (Å²) >= 11 is 2.09. The Labute approximate surface area is 128 Å². The Balaban J connectivity index is 2.16. The second kappa shape index (κ2) is 6.53. The van der Waals surface area contributed by atoms with Gasteiger partial charge in [0.15, 0.2) is 0 Å². The first-order chi connectivity index (χ1) is 9.41. The summed E-state index contributed by atoms with van der Waals surface area (Å²) in [5.41, 5.74) is 3.27. The molecule has 2 unspecified atom stereocenters. The van der Waals surface area contributed by atoms with Crippen LogP contribution in [0.25, 0.3) is 0 Å². The van der Waals surface area contributed by atoms with E-state index in [1.165, 1.54) is 35.3 Å². The molecule has 1 saturated carbocycles. The van der Waals surface area contributed by atoms with E-state index in [1.54, 1.807) is 0 Å². The van der Waals surface area contributed by atoms with Crippen molar-refractivity contribution in [1.82, 2.24) is 5.32 Å². The van der Waals surface area contributed by atoms with Gasteiger partial charge in [-0.3, -0.25) is 0 Å². The lowest BCUT2D eigenvalue weighted by molar-refractivity contribution is 0.215. The van der Waals surface area contributed by atoms with Crippen molar-refractivity contribution in [1.29, 1.82) is 0 Å². The Bertz CT molecular complexity index is 453. The first-order valence-electron chi connectivity index (χ1n) is 7.88. The number of aryl methyl sites for hydroxylation is 2. The molecular formula is C18H29NS. The van der Waals surface area contributed by atoms with Crippen molar-refractivity contribution in [3.05, 3.63) is 29.3 Å². The Morgan fingerprint density at radius 2 is 2.05 bits per heavy atom. The fraction of sp³-hybridized carbons (Fsp3) is 0.667. The highest BCUT2D eigenvalue weighted by Gasteiger charge is 2.35. The van der Waals surface area contributed by atoms with Crippen molar-refractivity contribution in [3.63, 3.8) is 0 Å². The molecule has 2 heteroatoms. The zero-order valence-corrected chi connectivity index (χ0v) is 14.4. The smallest absolute Gasteiger partial charge is 0.0253 e. The number of benzene rings is 1. The molecule has 0 heterocycles. The monoisotopic (exact) mass is 291 g/mol. The van der Waals surface area contributed by atoms with Crippen molar-refractivity contribution in [3.8, 4) is 0 Å². The zero-order chi connectivity index (χ0) is 14.8. The van der Waals surface area contributed by atoms with Gasteiger partial charge in [-0.15, -0.1) is 11.8 Å². The minimum absolute atomic E-state index is 0.487. The minimum Gasteiger partial charge on any atom is -0.313 e. The standard InChI is InChI=1S/C18H29NS/c1-6-19-15-9-10-18(4,5)12-17(15)20-16-11-13(2)7-8-14(16)3/h7-8,11,15,17,19H,6,9-10,12H2,1-5H3. The molecule has 0 amide bonds. The Morgan fingerprint density at radius 3 is 2.75 bits per heavy atom. The largest absolute Gasteiger partial charge is 0.313 e. The van der Waals surface area contributed by atoms with Crippen LogP contribution in [0.15, 0.2) is 23.1 Å². The Hall–Kier alpha value is -0.470. The first kappa shape index (κ1) is 15.9. The van der Waals surface area contributed by atoms with Gasteiger partial charge in [0.2, 0.25) is 0 Å². The van der Waals surface area contributed by atoms with E-state index in [2.05, 4.69) is 69.9 Å². The Kier molecular flexibility index (Phi) is 5.19. The van der Waals surface area contributed by atoms with Crippen LogP contribution in [-0.4, -0.2) is 17.8 Å². The molecule has 0 bridgehead atoms. The van der Waals surface area contributed by atoms with Crippen LogP contribution >= 0.6 is 11.8 Å². The summed E-state index contributed by atoms with van der Waals surface area (Å²) in [6.45, 7) is 12.6. The fourth-order valence-corrected chi connectivity index (χ4v) is 4.90. The van der Waals surface area contributed by atoms with Crippen molar-refractivity contribution in [2.45, 2.75) is 70.1 Å². The minimum atomic E-state index is 0.487. The fourth-order valence-electron chi connectivity index (χ4n) is 3.14. The first-order valence-corrected chi connectivity index (χ1v) is 8.76. The second-order valence-electron chi connectivity index (χ2n) is 7.00. The predicted molar refractivity (Wildman–Crippen MR) is 90.7 cm³/mol. The number of thioether (sulfide) groups is 1. The zero-order valence-electron chi connectivity index (χ0n) is 13.6. The average Bonchev–Trinajstić information content (AvgIpc) is 2.37. The van der Waals surface area contributed by atoms with Crippen LogP contribution < -0.4 is 5.32 Å². The van der Waals surface area contributed by atoms with E-state index in [-0.39, 0.29) is 0 Å². The molecule has 0 spiro atoms. The van der Waals surface area contributed by atoms with E-state index in [0.717, 1.165) is 6.54 Å². The van der Waals surface area contributed by atoms with Crippen molar-refractivity contribution in [2.24, 2.45) is 5.41 Å². The van der Waals surface area contributed by atoms with E-state index in [0.29, 0.717) is 16.7 Å². The van der Waals surface area contributed by atoms with Crippen molar-refractivity contribution < 1.29 is 0 Å². The van der Waals surface area contributed by atoms with Gasteiger partial charge >= 0.3 is 0 Å².